The zero-order chi connectivity index (χ0) is 22.8. The van der Waals surface area contributed by atoms with Crippen LogP contribution in [0.1, 0.15) is 30.6 Å². The van der Waals surface area contributed by atoms with Crippen LogP contribution in [0.25, 0.3) is 0 Å². The summed E-state index contributed by atoms with van der Waals surface area (Å²) in [7, 11) is 0. The number of ether oxygens (including phenoxy) is 1. The summed E-state index contributed by atoms with van der Waals surface area (Å²) in [6, 6.07) is 14.6. The average molecular weight is 425 g/mol. The summed E-state index contributed by atoms with van der Waals surface area (Å²) >= 11 is 0. The molecular formula is C23H24FN3O4. The summed E-state index contributed by atoms with van der Waals surface area (Å²) < 4.78 is 18.4. The normalized spacial score (nSPS) is 11.3. The summed E-state index contributed by atoms with van der Waals surface area (Å²) in [5.74, 6) is -2.47. The van der Waals surface area contributed by atoms with Gasteiger partial charge in [-0.05, 0) is 42.3 Å². The second-order valence-electron chi connectivity index (χ2n) is 7.10. The van der Waals surface area contributed by atoms with Crippen molar-refractivity contribution >= 4 is 23.5 Å². The van der Waals surface area contributed by atoms with Gasteiger partial charge in [-0.2, -0.15) is 5.26 Å². The van der Waals surface area contributed by atoms with Crippen molar-refractivity contribution in [2.45, 2.75) is 26.3 Å². The standard InChI is InChI=1S/C23H24FN3O4/c1-16(2)21(26-22(29)17-7-4-3-5-8-17)23(30)31-15-20(28)27(14-6-13-25)19-11-9-18(24)10-12-19/h3-5,7-12,16,21H,6,14-15H2,1-2H3,(H,26,29)/t21-/m0/s1. The van der Waals surface area contributed by atoms with Crippen LogP contribution in [0.3, 0.4) is 0 Å². The van der Waals surface area contributed by atoms with Gasteiger partial charge < -0.3 is 15.0 Å². The van der Waals surface area contributed by atoms with Crippen molar-refractivity contribution in [2.75, 3.05) is 18.1 Å². The number of amides is 2. The smallest absolute Gasteiger partial charge is 0.329 e. The summed E-state index contributed by atoms with van der Waals surface area (Å²) in [6.45, 7) is 2.98. The maximum atomic E-state index is 13.2. The number of nitrogens with one attached hydrogen (secondary N) is 1. The first-order valence-electron chi connectivity index (χ1n) is 9.79. The maximum absolute atomic E-state index is 13.2. The Bertz CT molecular complexity index is 940. The summed E-state index contributed by atoms with van der Waals surface area (Å²) in [6.07, 6.45) is 0.0544. The van der Waals surface area contributed by atoms with Gasteiger partial charge in [0.15, 0.2) is 6.61 Å². The Hall–Kier alpha value is -3.73. The number of hydrogen-bond donors (Lipinski definition) is 1. The van der Waals surface area contributed by atoms with Gasteiger partial charge in [0.1, 0.15) is 11.9 Å². The predicted octanol–water partition coefficient (Wildman–Crippen LogP) is 3.07. The molecule has 0 saturated carbocycles. The van der Waals surface area contributed by atoms with E-state index in [1.807, 2.05) is 6.07 Å². The molecule has 162 valence electrons. The van der Waals surface area contributed by atoms with E-state index in [1.165, 1.54) is 29.2 Å². The van der Waals surface area contributed by atoms with Crippen molar-refractivity contribution < 1.29 is 23.5 Å². The Morgan fingerprint density at radius 2 is 1.74 bits per heavy atom. The van der Waals surface area contributed by atoms with Gasteiger partial charge in [-0.25, -0.2) is 9.18 Å². The molecule has 1 N–H and O–H groups in total. The lowest BCUT2D eigenvalue weighted by atomic mass is 10.0. The number of rotatable bonds is 9. The second-order valence-corrected chi connectivity index (χ2v) is 7.10. The van der Waals surface area contributed by atoms with E-state index in [1.54, 1.807) is 44.2 Å². The second kappa shape index (κ2) is 11.5. The molecule has 0 unspecified atom stereocenters. The molecule has 0 heterocycles. The van der Waals surface area contributed by atoms with Crippen LogP contribution >= 0.6 is 0 Å². The molecule has 0 aliphatic carbocycles. The van der Waals surface area contributed by atoms with Crippen LogP contribution in [-0.2, 0) is 14.3 Å². The maximum Gasteiger partial charge on any atom is 0.329 e. The van der Waals surface area contributed by atoms with E-state index in [4.69, 9.17) is 10.00 Å². The molecule has 8 heteroatoms. The van der Waals surface area contributed by atoms with Crippen molar-refractivity contribution in [3.05, 3.63) is 66.0 Å². The number of benzene rings is 2. The molecule has 0 spiro atoms. The van der Waals surface area contributed by atoms with Crippen LogP contribution in [0.15, 0.2) is 54.6 Å². The molecule has 0 fully saturated rings. The van der Waals surface area contributed by atoms with E-state index < -0.39 is 36.2 Å². The van der Waals surface area contributed by atoms with Crippen LogP contribution in [0.2, 0.25) is 0 Å². The largest absolute Gasteiger partial charge is 0.454 e. The van der Waals surface area contributed by atoms with Crippen molar-refractivity contribution in [2.24, 2.45) is 5.92 Å². The topological polar surface area (TPSA) is 99.5 Å². The number of halogens is 1. The van der Waals surface area contributed by atoms with Gasteiger partial charge in [0.05, 0.1) is 12.5 Å². The van der Waals surface area contributed by atoms with Gasteiger partial charge in [0.25, 0.3) is 11.8 Å². The average Bonchev–Trinajstić information content (AvgIpc) is 2.77. The molecule has 2 amide bonds. The Labute approximate surface area is 180 Å². The highest BCUT2D eigenvalue weighted by Crippen LogP contribution is 2.16. The lowest BCUT2D eigenvalue weighted by Crippen LogP contribution is -2.46. The summed E-state index contributed by atoms with van der Waals surface area (Å²) in [5, 5.41) is 11.5. The highest BCUT2D eigenvalue weighted by molar-refractivity contribution is 5.98. The zero-order valence-electron chi connectivity index (χ0n) is 17.4. The van der Waals surface area contributed by atoms with E-state index in [2.05, 4.69) is 5.32 Å². The third-order valence-corrected chi connectivity index (χ3v) is 4.47. The van der Waals surface area contributed by atoms with Crippen LogP contribution < -0.4 is 10.2 Å². The van der Waals surface area contributed by atoms with Crippen molar-refractivity contribution in [3.63, 3.8) is 0 Å². The first-order chi connectivity index (χ1) is 14.8. The van der Waals surface area contributed by atoms with Crippen LogP contribution in [0.5, 0.6) is 0 Å². The van der Waals surface area contributed by atoms with Crippen LogP contribution in [-0.4, -0.2) is 37.0 Å². The molecule has 0 bridgehead atoms. The van der Waals surface area contributed by atoms with Gasteiger partial charge in [0.2, 0.25) is 0 Å². The highest BCUT2D eigenvalue weighted by Gasteiger charge is 2.27. The number of carbonyl (C=O) groups excluding carboxylic acids is 3. The van der Waals surface area contributed by atoms with Crippen molar-refractivity contribution in [3.8, 4) is 6.07 Å². The SMILES string of the molecule is CC(C)[C@H](NC(=O)c1ccccc1)C(=O)OCC(=O)N(CCC#N)c1ccc(F)cc1. The molecule has 0 aliphatic rings. The van der Waals surface area contributed by atoms with Crippen molar-refractivity contribution in [1.82, 2.24) is 5.32 Å². The minimum Gasteiger partial charge on any atom is -0.454 e. The molecule has 0 aliphatic heterocycles. The Morgan fingerprint density at radius 1 is 1.10 bits per heavy atom. The number of anilines is 1. The zero-order valence-corrected chi connectivity index (χ0v) is 17.4. The van der Waals surface area contributed by atoms with Crippen molar-refractivity contribution in [1.29, 1.82) is 5.26 Å². The van der Waals surface area contributed by atoms with Gasteiger partial charge in [-0.3, -0.25) is 9.59 Å². The number of hydrogen-bond acceptors (Lipinski definition) is 5. The van der Waals surface area contributed by atoms with Gasteiger partial charge in [-0.15, -0.1) is 0 Å². The molecule has 0 saturated heterocycles. The third kappa shape index (κ3) is 6.93. The minimum atomic E-state index is -0.945. The van der Waals surface area contributed by atoms with E-state index >= 15 is 0 Å². The fraction of sp³-hybridized carbons (Fsp3) is 0.304. The minimum absolute atomic E-state index is 0.0544. The molecule has 2 aromatic carbocycles. The Balaban J connectivity index is 2.03. The molecule has 1 atom stereocenters. The van der Waals surface area contributed by atoms with Gasteiger partial charge >= 0.3 is 5.97 Å². The number of esters is 1. The Morgan fingerprint density at radius 3 is 2.32 bits per heavy atom. The molecule has 0 radical (unpaired) electrons. The van der Waals surface area contributed by atoms with E-state index in [0.717, 1.165) is 0 Å². The molecule has 2 rings (SSSR count). The molecule has 2 aromatic rings. The van der Waals surface area contributed by atoms with E-state index in [-0.39, 0.29) is 18.9 Å². The first kappa shape index (κ1) is 23.5. The number of carbonyl (C=O) groups is 3. The molecule has 0 aromatic heterocycles. The molecular weight excluding hydrogens is 401 g/mol. The Kier molecular flexibility index (Phi) is 8.70. The summed E-state index contributed by atoms with van der Waals surface area (Å²) in [4.78, 5) is 38.8. The van der Waals surface area contributed by atoms with E-state index in [9.17, 15) is 18.8 Å². The fourth-order valence-corrected chi connectivity index (χ4v) is 2.79. The number of nitriles is 1. The lowest BCUT2D eigenvalue weighted by Gasteiger charge is -2.24. The highest BCUT2D eigenvalue weighted by atomic mass is 19.1. The van der Waals surface area contributed by atoms with Gasteiger partial charge in [0, 0.05) is 17.8 Å². The van der Waals surface area contributed by atoms with E-state index in [0.29, 0.717) is 11.3 Å². The van der Waals surface area contributed by atoms with Gasteiger partial charge in [-0.1, -0.05) is 32.0 Å². The quantitative estimate of drug-likeness (QED) is 0.623. The third-order valence-electron chi connectivity index (χ3n) is 4.47. The lowest BCUT2D eigenvalue weighted by molar-refractivity contribution is -0.150. The van der Waals surface area contributed by atoms with Crippen LogP contribution in [0.4, 0.5) is 10.1 Å². The molecule has 31 heavy (non-hydrogen) atoms. The fourth-order valence-electron chi connectivity index (χ4n) is 2.79. The summed E-state index contributed by atoms with van der Waals surface area (Å²) in [5.41, 5.74) is 0.784. The van der Waals surface area contributed by atoms with Crippen LogP contribution in [0, 0.1) is 23.1 Å². The predicted molar refractivity (Wildman–Crippen MR) is 112 cm³/mol. The monoisotopic (exact) mass is 425 g/mol. The first-order valence-corrected chi connectivity index (χ1v) is 9.79. The number of nitrogens with zero attached hydrogens (tertiary/aromatic N) is 2. The molecule has 7 nitrogen and oxygen atoms in total.